The third-order valence-corrected chi connectivity index (χ3v) is 3.50. The Hall–Kier alpha value is -0.740. The Morgan fingerprint density at radius 3 is 2.41 bits per heavy atom. The lowest BCUT2D eigenvalue weighted by Crippen LogP contribution is -2.03. The van der Waals surface area contributed by atoms with Gasteiger partial charge >= 0.3 is 0 Å². The maximum absolute atomic E-state index is 5.54. The lowest BCUT2D eigenvalue weighted by Gasteiger charge is -2.17. The molecule has 0 aliphatic carbocycles. The van der Waals surface area contributed by atoms with E-state index in [0.717, 1.165) is 35.4 Å². The molecule has 0 aromatic heterocycles. The van der Waals surface area contributed by atoms with Gasteiger partial charge in [0.15, 0.2) is 0 Å². The predicted molar refractivity (Wildman–Crippen MR) is 73.9 cm³/mol. The molecule has 1 atom stereocenters. The highest BCUT2D eigenvalue weighted by molar-refractivity contribution is 9.10. The number of hydrogen-bond acceptors (Lipinski definition) is 3. The summed E-state index contributed by atoms with van der Waals surface area (Å²) in [6.45, 7) is 2.91. The third-order valence-electron chi connectivity index (χ3n) is 2.88. The topological polar surface area (TPSA) is 44.5 Å². The van der Waals surface area contributed by atoms with Crippen LogP contribution in [0.3, 0.4) is 0 Å². The Labute approximate surface area is 111 Å². The molecular weight excluding hydrogens is 282 g/mol. The van der Waals surface area contributed by atoms with E-state index in [-0.39, 0.29) is 0 Å². The van der Waals surface area contributed by atoms with E-state index in [0.29, 0.717) is 5.92 Å². The molecule has 0 saturated heterocycles. The maximum Gasteiger partial charge on any atom is 0.136 e. The average molecular weight is 302 g/mol. The zero-order valence-corrected chi connectivity index (χ0v) is 12.2. The van der Waals surface area contributed by atoms with Gasteiger partial charge in [-0.15, -0.1) is 0 Å². The summed E-state index contributed by atoms with van der Waals surface area (Å²) in [4.78, 5) is 0. The molecule has 0 radical (unpaired) electrons. The number of rotatable bonds is 6. The summed E-state index contributed by atoms with van der Waals surface area (Å²) in [6, 6.07) is 3.98. The molecule has 0 heterocycles. The second kappa shape index (κ2) is 6.87. The minimum Gasteiger partial charge on any atom is -0.496 e. The van der Waals surface area contributed by atoms with Gasteiger partial charge in [0.2, 0.25) is 0 Å². The number of ether oxygens (including phenoxy) is 2. The van der Waals surface area contributed by atoms with Crippen molar-refractivity contribution in [2.45, 2.75) is 25.7 Å². The van der Waals surface area contributed by atoms with E-state index in [9.17, 15) is 0 Å². The first kappa shape index (κ1) is 14.3. The van der Waals surface area contributed by atoms with Gasteiger partial charge in [-0.1, -0.05) is 6.92 Å². The van der Waals surface area contributed by atoms with Crippen molar-refractivity contribution in [3.63, 3.8) is 0 Å². The molecule has 4 heteroatoms. The smallest absolute Gasteiger partial charge is 0.136 e. The highest BCUT2D eigenvalue weighted by atomic mass is 79.9. The Kier molecular flexibility index (Phi) is 5.78. The van der Waals surface area contributed by atoms with E-state index in [1.54, 1.807) is 14.2 Å². The van der Waals surface area contributed by atoms with E-state index in [1.807, 2.05) is 6.07 Å². The molecule has 1 unspecified atom stereocenters. The summed E-state index contributed by atoms with van der Waals surface area (Å²) in [6.07, 6.45) is 2.08. The number of benzene rings is 1. The second-order valence-electron chi connectivity index (χ2n) is 4.06. The van der Waals surface area contributed by atoms with E-state index < -0.39 is 0 Å². The van der Waals surface area contributed by atoms with E-state index in [4.69, 9.17) is 15.2 Å². The van der Waals surface area contributed by atoms with Crippen LogP contribution in [0.5, 0.6) is 11.5 Å². The van der Waals surface area contributed by atoms with Crippen LogP contribution in [0.15, 0.2) is 16.6 Å². The van der Waals surface area contributed by atoms with Crippen LogP contribution in [0.1, 0.15) is 31.2 Å². The molecule has 0 amide bonds. The van der Waals surface area contributed by atoms with Gasteiger partial charge < -0.3 is 15.2 Å². The summed E-state index contributed by atoms with van der Waals surface area (Å²) < 4.78 is 11.6. The summed E-state index contributed by atoms with van der Waals surface area (Å²) in [5, 5.41) is 0. The van der Waals surface area contributed by atoms with E-state index in [2.05, 4.69) is 28.9 Å². The first-order valence-corrected chi connectivity index (χ1v) is 6.54. The molecule has 1 rings (SSSR count). The average Bonchev–Trinajstić information content (AvgIpc) is 2.35. The number of hydrogen-bond donors (Lipinski definition) is 1. The monoisotopic (exact) mass is 301 g/mol. The van der Waals surface area contributed by atoms with Crippen molar-refractivity contribution in [3.8, 4) is 11.5 Å². The van der Waals surface area contributed by atoms with Crippen molar-refractivity contribution >= 4 is 15.9 Å². The fourth-order valence-corrected chi connectivity index (χ4v) is 2.37. The van der Waals surface area contributed by atoms with Crippen molar-refractivity contribution in [3.05, 3.63) is 22.2 Å². The molecule has 17 heavy (non-hydrogen) atoms. The van der Waals surface area contributed by atoms with Crippen LogP contribution in [0.25, 0.3) is 0 Å². The van der Waals surface area contributed by atoms with Crippen LogP contribution in [-0.4, -0.2) is 20.8 Å². The molecule has 0 spiro atoms. The SMILES string of the molecule is COc1cc(OC)c(C(C)CCCN)cc1Br. The zero-order chi connectivity index (χ0) is 12.8. The van der Waals surface area contributed by atoms with Crippen molar-refractivity contribution in [2.24, 2.45) is 5.73 Å². The molecular formula is C13H20BrNO2. The van der Waals surface area contributed by atoms with Gasteiger partial charge in [0.1, 0.15) is 11.5 Å². The molecule has 0 aliphatic heterocycles. The summed E-state index contributed by atoms with van der Waals surface area (Å²) in [5.74, 6) is 2.09. The van der Waals surface area contributed by atoms with Crippen LogP contribution in [0.2, 0.25) is 0 Å². The number of nitrogens with two attached hydrogens (primary N) is 1. The summed E-state index contributed by atoms with van der Waals surface area (Å²) in [7, 11) is 3.33. The maximum atomic E-state index is 5.54. The van der Waals surface area contributed by atoms with Crippen molar-refractivity contribution in [2.75, 3.05) is 20.8 Å². The van der Waals surface area contributed by atoms with Gasteiger partial charge in [-0.05, 0) is 52.9 Å². The molecule has 3 nitrogen and oxygen atoms in total. The van der Waals surface area contributed by atoms with Gasteiger partial charge in [0, 0.05) is 6.07 Å². The van der Waals surface area contributed by atoms with E-state index >= 15 is 0 Å². The van der Waals surface area contributed by atoms with Gasteiger partial charge in [-0.3, -0.25) is 0 Å². The fourth-order valence-electron chi connectivity index (χ4n) is 1.85. The van der Waals surface area contributed by atoms with Crippen molar-refractivity contribution in [1.82, 2.24) is 0 Å². The Balaban J connectivity index is 3.01. The van der Waals surface area contributed by atoms with Crippen LogP contribution in [0, 0.1) is 0 Å². The molecule has 1 aromatic carbocycles. The normalized spacial score (nSPS) is 12.3. The summed E-state index contributed by atoms with van der Waals surface area (Å²) in [5.41, 5.74) is 6.73. The molecule has 1 aromatic rings. The minimum absolute atomic E-state index is 0.427. The third kappa shape index (κ3) is 3.61. The van der Waals surface area contributed by atoms with Crippen molar-refractivity contribution in [1.29, 1.82) is 0 Å². The second-order valence-corrected chi connectivity index (χ2v) is 4.91. The van der Waals surface area contributed by atoms with Gasteiger partial charge in [0.25, 0.3) is 0 Å². The first-order valence-electron chi connectivity index (χ1n) is 5.75. The highest BCUT2D eigenvalue weighted by Crippen LogP contribution is 2.37. The first-order chi connectivity index (χ1) is 8.13. The standard InChI is InChI=1S/C13H20BrNO2/c1-9(5-4-6-15)10-7-11(14)13(17-3)8-12(10)16-2/h7-9H,4-6,15H2,1-3H3. The largest absolute Gasteiger partial charge is 0.496 e. The van der Waals surface area contributed by atoms with Gasteiger partial charge in [-0.2, -0.15) is 0 Å². The zero-order valence-electron chi connectivity index (χ0n) is 10.6. The number of methoxy groups -OCH3 is 2. The number of halogens is 1. The molecule has 0 bridgehead atoms. The molecule has 0 fully saturated rings. The van der Waals surface area contributed by atoms with Crippen LogP contribution in [0.4, 0.5) is 0 Å². The Morgan fingerprint density at radius 1 is 1.24 bits per heavy atom. The molecule has 0 aliphatic rings. The summed E-state index contributed by atoms with van der Waals surface area (Å²) >= 11 is 3.50. The van der Waals surface area contributed by atoms with Crippen molar-refractivity contribution < 1.29 is 9.47 Å². The molecule has 96 valence electrons. The Bertz CT molecular complexity index is 369. The minimum atomic E-state index is 0.427. The van der Waals surface area contributed by atoms with E-state index in [1.165, 1.54) is 5.56 Å². The van der Waals surface area contributed by atoms with Crippen LogP contribution >= 0.6 is 15.9 Å². The van der Waals surface area contributed by atoms with Crippen LogP contribution in [-0.2, 0) is 0 Å². The lowest BCUT2D eigenvalue weighted by molar-refractivity contribution is 0.386. The van der Waals surface area contributed by atoms with Gasteiger partial charge in [-0.25, -0.2) is 0 Å². The molecule has 2 N–H and O–H groups in total. The van der Waals surface area contributed by atoms with Gasteiger partial charge in [0.05, 0.1) is 18.7 Å². The highest BCUT2D eigenvalue weighted by Gasteiger charge is 2.14. The quantitative estimate of drug-likeness (QED) is 0.877. The molecule has 0 saturated carbocycles. The predicted octanol–water partition coefficient (Wildman–Crippen LogP) is 3.31. The Morgan fingerprint density at radius 2 is 1.88 bits per heavy atom. The lowest BCUT2D eigenvalue weighted by atomic mass is 9.95. The van der Waals surface area contributed by atoms with Crippen LogP contribution < -0.4 is 15.2 Å². The fraction of sp³-hybridized carbons (Fsp3) is 0.538.